The predicted molar refractivity (Wildman–Crippen MR) is 80.4 cm³/mol. The van der Waals surface area contributed by atoms with E-state index in [1.807, 2.05) is 38.1 Å². The van der Waals surface area contributed by atoms with Gasteiger partial charge in [0.1, 0.15) is 0 Å². The molecule has 0 aliphatic rings. The highest BCUT2D eigenvalue weighted by Gasteiger charge is 2.02. The molecule has 0 unspecified atom stereocenters. The van der Waals surface area contributed by atoms with Gasteiger partial charge in [0.25, 0.3) is 0 Å². The number of benzene rings is 2. The molecule has 0 radical (unpaired) electrons. The quantitative estimate of drug-likeness (QED) is 0.599. The summed E-state index contributed by atoms with van der Waals surface area (Å²) in [4.78, 5) is 0. The van der Waals surface area contributed by atoms with Crippen LogP contribution in [0.1, 0.15) is 22.3 Å². The van der Waals surface area contributed by atoms with Crippen LogP contribution in [0.5, 0.6) is 0 Å². The Hall–Kier alpha value is -2.16. The van der Waals surface area contributed by atoms with Gasteiger partial charge in [0, 0.05) is 5.69 Å². The molecule has 0 amide bonds. The zero-order valence-corrected chi connectivity index (χ0v) is 11.9. The van der Waals surface area contributed by atoms with Crippen molar-refractivity contribution < 1.29 is 0 Å². The molecular weight excluding hydrogens is 234 g/mol. The highest BCUT2D eigenvalue weighted by atomic mass is 15.1. The zero-order chi connectivity index (χ0) is 14.0. The second-order valence-corrected chi connectivity index (χ2v) is 4.91. The van der Waals surface area contributed by atoms with E-state index < -0.39 is 0 Å². The van der Waals surface area contributed by atoms with Crippen LogP contribution < -0.4 is 5.73 Å². The summed E-state index contributed by atoms with van der Waals surface area (Å²) in [5.41, 5.74) is 12.9. The molecule has 0 aliphatic carbocycles. The highest BCUT2D eigenvalue weighted by Crippen LogP contribution is 2.28. The van der Waals surface area contributed by atoms with Crippen molar-refractivity contribution in [1.29, 1.82) is 0 Å². The fourth-order valence-electron chi connectivity index (χ4n) is 1.88. The summed E-state index contributed by atoms with van der Waals surface area (Å²) >= 11 is 0. The summed E-state index contributed by atoms with van der Waals surface area (Å²) in [5.74, 6) is 0. The molecule has 0 heterocycles. The minimum atomic E-state index is 0.795. The zero-order valence-electron chi connectivity index (χ0n) is 11.9. The average molecular weight is 253 g/mol. The Morgan fingerprint density at radius 1 is 0.789 bits per heavy atom. The van der Waals surface area contributed by atoms with E-state index in [4.69, 9.17) is 5.73 Å². The Labute approximate surface area is 114 Å². The molecule has 98 valence electrons. The molecule has 2 aromatic rings. The smallest absolute Gasteiger partial charge is 0.0890 e. The molecule has 3 nitrogen and oxygen atoms in total. The fraction of sp³-hybridized carbons (Fsp3) is 0.250. The van der Waals surface area contributed by atoms with E-state index in [9.17, 15) is 0 Å². The van der Waals surface area contributed by atoms with Crippen LogP contribution in [0.4, 0.5) is 17.1 Å². The molecule has 2 N–H and O–H groups in total. The number of nitrogens with two attached hydrogens (primary N) is 1. The van der Waals surface area contributed by atoms with Gasteiger partial charge in [-0.05, 0) is 68.1 Å². The minimum Gasteiger partial charge on any atom is -0.399 e. The number of nitrogen functional groups attached to an aromatic ring is 1. The lowest BCUT2D eigenvalue weighted by Gasteiger charge is -2.05. The van der Waals surface area contributed by atoms with Gasteiger partial charge in [0.05, 0.1) is 11.4 Å². The van der Waals surface area contributed by atoms with Crippen molar-refractivity contribution in [1.82, 2.24) is 0 Å². The molecule has 0 spiro atoms. The molecule has 0 bridgehead atoms. The van der Waals surface area contributed by atoms with Gasteiger partial charge in [-0.3, -0.25) is 0 Å². The van der Waals surface area contributed by atoms with Gasteiger partial charge in [-0.25, -0.2) is 0 Å². The van der Waals surface area contributed by atoms with E-state index in [1.165, 1.54) is 5.56 Å². The van der Waals surface area contributed by atoms with E-state index in [0.717, 1.165) is 33.8 Å². The molecular formula is C16H19N3. The standard InChI is InChI=1S/C16H19N3/c1-10-6-5-7-15(13(10)4)18-19-16-9-11(2)14(17)8-12(16)3/h5-9H,17H2,1-4H3. The fourth-order valence-corrected chi connectivity index (χ4v) is 1.88. The summed E-state index contributed by atoms with van der Waals surface area (Å²) in [5, 5.41) is 8.70. The van der Waals surface area contributed by atoms with Crippen molar-refractivity contribution in [3.63, 3.8) is 0 Å². The lowest BCUT2D eigenvalue weighted by Crippen LogP contribution is -1.90. The van der Waals surface area contributed by atoms with Gasteiger partial charge >= 0.3 is 0 Å². The third-order valence-corrected chi connectivity index (χ3v) is 3.43. The number of aryl methyl sites for hydroxylation is 3. The molecule has 0 aliphatic heterocycles. The van der Waals surface area contributed by atoms with Crippen molar-refractivity contribution in [2.24, 2.45) is 10.2 Å². The van der Waals surface area contributed by atoms with Crippen molar-refractivity contribution in [2.45, 2.75) is 27.7 Å². The largest absolute Gasteiger partial charge is 0.399 e. The maximum absolute atomic E-state index is 5.87. The first-order valence-electron chi connectivity index (χ1n) is 6.33. The number of hydrogen-bond donors (Lipinski definition) is 1. The van der Waals surface area contributed by atoms with Crippen molar-refractivity contribution in [3.8, 4) is 0 Å². The Morgan fingerprint density at radius 2 is 1.47 bits per heavy atom. The van der Waals surface area contributed by atoms with Crippen LogP contribution >= 0.6 is 0 Å². The van der Waals surface area contributed by atoms with E-state index in [0.29, 0.717) is 0 Å². The number of rotatable bonds is 2. The summed E-state index contributed by atoms with van der Waals surface area (Å²) in [6, 6.07) is 9.96. The van der Waals surface area contributed by atoms with E-state index in [1.54, 1.807) is 0 Å². The van der Waals surface area contributed by atoms with Crippen LogP contribution in [0.2, 0.25) is 0 Å². The third-order valence-electron chi connectivity index (χ3n) is 3.43. The van der Waals surface area contributed by atoms with E-state index >= 15 is 0 Å². The summed E-state index contributed by atoms with van der Waals surface area (Å²) < 4.78 is 0. The van der Waals surface area contributed by atoms with Crippen LogP contribution in [0.25, 0.3) is 0 Å². The monoisotopic (exact) mass is 253 g/mol. The molecule has 2 aromatic carbocycles. The first-order valence-corrected chi connectivity index (χ1v) is 6.33. The lowest BCUT2D eigenvalue weighted by molar-refractivity contribution is 1.17. The predicted octanol–water partition coefficient (Wildman–Crippen LogP) is 4.92. The molecule has 0 aromatic heterocycles. The Morgan fingerprint density at radius 3 is 2.21 bits per heavy atom. The SMILES string of the molecule is Cc1cc(N=Nc2cccc(C)c2C)c(C)cc1N. The van der Waals surface area contributed by atoms with E-state index in [-0.39, 0.29) is 0 Å². The van der Waals surface area contributed by atoms with Crippen LogP contribution in [0.15, 0.2) is 40.6 Å². The maximum Gasteiger partial charge on any atom is 0.0890 e. The van der Waals surface area contributed by atoms with Gasteiger partial charge in [0.15, 0.2) is 0 Å². The molecule has 0 saturated carbocycles. The average Bonchev–Trinajstić information content (AvgIpc) is 2.37. The molecule has 0 atom stereocenters. The highest BCUT2D eigenvalue weighted by molar-refractivity contribution is 5.59. The van der Waals surface area contributed by atoms with Crippen LogP contribution in [0, 0.1) is 27.7 Å². The second-order valence-electron chi connectivity index (χ2n) is 4.91. The first kappa shape index (κ1) is 13.3. The molecule has 2 rings (SSSR count). The summed E-state index contributed by atoms with van der Waals surface area (Å²) in [7, 11) is 0. The number of nitrogens with zero attached hydrogens (tertiary/aromatic N) is 2. The van der Waals surface area contributed by atoms with Gasteiger partial charge < -0.3 is 5.73 Å². The Balaban J connectivity index is 2.38. The Kier molecular flexibility index (Phi) is 3.65. The van der Waals surface area contributed by atoms with Crippen LogP contribution in [-0.2, 0) is 0 Å². The lowest BCUT2D eigenvalue weighted by atomic mass is 10.1. The normalized spacial score (nSPS) is 11.2. The van der Waals surface area contributed by atoms with Gasteiger partial charge in [-0.1, -0.05) is 12.1 Å². The van der Waals surface area contributed by atoms with Gasteiger partial charge in [-0.15, -0.1) is 0 Å². The summed E-state index contributed by atoms with van der Waals surface area (Å²) in [6.07, 6.45) is 0. The molecule has 0 fully saturated rings. The van der Waals surface area contributed by atoms with Crippen LogP contribution in [-0.4, -0.2) is 0 Å². The Bertz CT molecular complexity index is 643. The topological polar surface area (TPSA) is 50.7 Å². The minimum absolute atomic E-state index is 0.795. The third kappa shape index (κ3) is 2.81. The second kappa shape index (κ2) is 5.22. The van der Waals surface area contributed by atoms with Crippen LogP contribution in [0.3, 0.4) is 0 Å². The number of hydrogen-bond acceptors (Lipinski definition) is 3. The van der Waals surface area contributed by atoms with Crippen molar-refractivity contribution in [3.05, 3.63) is 52.6 Å². The van der Waals surface area contributed by atoms with Gasteiger partial charge in [-0.2, -0.15) is 10.2 Å². The molecule has 0 saturated heterocycles. The van der Waals surface area contributed by atoms with Crippen molar-refractivity contribution in [2.75, 3.05) is 5.73 Å². The summed E-state index contributed by atoms with van der Waals surface area (Å²) in [6.45, 7) is 8.11. The maximum atomic E-state index is 5.87. The van der Waals surface area contributed by atoms with Gasteiger partial charge in [0.2, 0.25) is 0 Å². The first-order chi connectivity index (χ1) is 8.99. The number of azo groups is 1. The van der Waals surface area contributed by atoms with Crippen molar-refractivity contribution >= 4 is 17.1 Å². The number of anilines is 1. The van der Waals surface area contributed by atoms with E-state index in [2.05, 4.69) is 30.1 Å². The molecule has 19 heavy (non-hydrogen) atoms. The molecule has 3 heteroatoms.